The Bertz CT molecular complexity index is 908. The van der Waals surface area contributed by atoms with E-state index in [0.717, 1.165) is 15.9 Å². The molecule has 0 unspecified atom stereocenters. The van der Waals surface area contributed by atoms with Crippen molar-refractivity contribution in [3.05, 3.63) is 42.0 Å². The van der Waals surface area contributed by atoms with Gasteiger partial charge in [0.1, 0.15) is 0 Å². The summed E-state index contributed by atoms with van der Waals surface area (Å²) in [5.74, 6) is 0.181. The third-order valence-electron chi connectivity index (χ3n) is 5.54. The van der Waals surface area contributed by atoms with Crippen LogP contribution < -0.4 is 5.46 Å². The van der Waals surface area contributed by atoms with Crippen LogP contribution in [-0.4, -0.2) is 24.1 Å². The fraction of sp³-hybridized carbons (Fsp3) is 0.381. The second-order valence-corrected chi connectivity index (χ2v) is 10.0. The quantitative estimate of drug-likeness (QED) is 0.448. The van der Waals surface area contributed by atoms with E-state index in [1.165, 1.54) is 14.7 Å². The van der Waals surface area contributed by atoms with Gasteiger partial charge in [-0.1, -0.05) is 48.6 Å². The first-order valence-corrected chi connectivity index (χ1v) is 10.9. The van der Waals surface area contributed by atoms with Crippen LogP contribution in [0, 0.1) is 0 Å². The molecule has 0 amide bonds. The Morgan fingerprint density at radius 3 is 2.33 bits per heavy atom. The smallest absolute Gasteiger partial charge is 0.399 e. The average molecular weight is 398 g/mol. The first-order chi connectivity index (χ1) is 12.7. The number of Topliss-reactive ketones (excluding diaryl/α,β-unsaturated/α-hetero) is 1. The molecule has 0 radical (unpaired) electrons. The summed E-state index contributed by atoms with van der Waals surface area (Å²) in [7, 11) is -0.374. The van der Waals surface area contributed by atoms with Crippen LogP contribution in [0.25, 0.3) is 0 Å². The molecule has 0 aliphatic carbocycles. The first-order valence-electron chi connectivity index (χ1n) is 9.23. The van der Waals surface area contributed by atoms with E-state index in [1.807, 2.05) is 19.1 Å². The van der Waals surface area contributed by atoms with Crippen molar-refractivity contribution in [2.45, 2.75) is 71.8 Å². The lowest BCUT2D eigenvalue weighted by molar-refractivity contribution is 0.00578. The minimum Gasteiger partial charge on any atom is -0.399 e. The highest BCUT2D eigenvalue weighted by molar-refractivity contribution is 8.05. The molecule has 0 bridgehead atoms. The molecule has 1 fully saturated rings. The fourth-order valence-corrected chi connectivity index (χ4v) is 5.57. The Kier molecular flexibility index (Phi) is 4.74. The zero-order valence-corrected chi connectivity index (χ0v) is 17.9. The van der Waals surface area contributed by atoms with Gasteiger partial charge in [-0.2, -0.15) is 0 Å². The maximum Gasteiger partial charge on any atom is 0.496 e. The van der Waals surface area contributed by atoms with Crippen molar-refractivity contribution in [2.24, 2.45) is 0 Å². The summed E-state index contributed by atoms with van der Waals surface area (Å²) in [4.78, 5) is 16.7. The van der Waals surface area contributed by atoms with Crippen molar-refractivity contribution >= 4 is 41.9 Å². The topological polar surface area (TPSA) is 35.5 Å². The van der Waals surface area contributed by atoms with E-state index in [2.05, 4.69) is 52.0 Å². The number of fused-ring (bicyclic) bond motifs is 2. The van der Waals surface area contributed by atoms with E-state index in [1.54, 1.807) is 23.5 Å². The standard InChI is InChI=1S/C21H23BO3S2/c1-6-15(23)13-10-11-16-18(12-13)26-17-9-7-8-14(19(17)27-16)22-24-20(2,3)21(4,5)25-22/h7-12H,6H2,1-5H3. The number of benzene rings is 2. The van der Waals surface area contributed by atoms with Gasteiger partial charge >= 0.3 is 7.12 Å². The van der Waals surface area contributed by atoms with Crippen LogP contribution in [-0.2, 0) is 9.31 Å². The first kappa shape index (κ1) is 19.1. The van der Waals surface area contributed by atoms with Crippen molar-refractivity contribution in [2.75, 3.05) is 0 Å². The molecule has 0 saturated carbocycles. The second kappa shape index (κ2) is 6.69. The van der Waals surface area contributed by atoms with Gasteiger partial charge in [-0.15, -0.1) is 0 Å². The third kappa shape index (κ3) is 3.27. The molecule has 1 saturated heterocycles. The highest BCUT2D eigenvalue weighted by Crippen LogP contribution is 2.48. The van der Waals surface area contributed by atoms with Crippen LogP contribution >= 0.6 is 23.5 Å². The molecule has 0 N–H and O–H groups in total. The minimum absolute atomic E-state index is 0.181. The maximum absolute atomic E-state index is 12.0. The Labute approximate surface area is 169 Å². The molecular formula is C21H23BO3S2. The molecule has 2 aromatic carbocycles. The van der Waals surface area contributed by atoms with Crippen LogP contribution in [0.5, 0.6) is 0 Å². The Morgan fingerprint density at radius 1 is 0.963 bits per heavy atom. The summed E-state index contributed by atoms with van der Waals surface area (Å²) >= 11 is 3.45. The van der Waals surface area contributed by atoms with Crippen molar-refractivity contribution < 1.29 is 14.1 Å². The number of carbonyl (C=O) groups excluding carboxylic acids is 1. The zero-order chi connectivity index (χ0) is 19.4. The molecule has 0 spiro atoms. The lowest BCUT2D eigenvalue weighted by Crippen LogP contribution is -2.41. The van der Waals surface area contributed by atoms with Crippen molar-refractivity contribution in [1.29, 1.82) is 0 Å². The van der Waals surface area contributed by atoms with Gasteiger partial charge in [-0.05, 0) is 51.4 Å². The Morgan fingerprint density at radius 2 is 1.67 bits per heavy atom. The summed E-state index contributed by atoms with van der Waals surface area (Å²) in [5, 5.41) is 0. The van der Waals surface area contributed by atoms with E-state index in [4.69, 9.17) is 9.31 Å². The molecule has 6 heteroatoms. The lowest BCUT2D eigenvalue weighted by Gasteiger charge is -2.32. The largest absolute Gasteiger partial charge is 0.496 e. The third-order valence-corrected chi connectivity index (χ3v) is 8.15. The van der Waals surface area contributed by atoms with E-state index in [-0.39, 0.29) is 24.1 Å². The van der Waals surface area contributed by atoms with E-state index in [9.17, 15) is 4.79 Å². The molecular weight excluding hydrogens is 375 g/mol. The highest BCUT2D eigenvalue weighted by atomic mass is 32.2. The zero-order valence-electron chi connectivity index (χ0n) is 16.3. The molecule has 4 rings (SSSR count). The average Bonchev–Trinajstić information content (AvgIpc) is 2.85. The van der Waals surface area contributed by atoms with Crippen LogP contribution in [0.15, 0.2) is 56.0 Å². The number of hydrogen-bond donors (Lipinski definition) is 0. The normalized spacial score (nSPS) is 19.5. The van der Waals surface area contributed by atoms with Crippen molar-refractivity contribution in [1.82, 2.24) is 0 Å². The monoisotopic (exact) mass is 398 g/mol. The lowest BCUT2D eigenvalue weighted by atomic mass is 9.79. The SMILES string of the molecule is CCC(=O)c1ccc2c(c1)Sc1cccc(B3OC(C)(C)C(C)(C)O3)c1S2. The molecule has 3 nitrogen and oxygen atoms in total. The molecule has 27 heavy (non-hydrogen) atoms. The summed E-state index contributed by atoms with van der Waals surface area (Å²) < 4.78 is 12.6. The number of carbonyl (C=O) groups is 1. The maximum atomic E-state index is 12.0. The van der Waals surface area contributed by atoms with Gasteiger partial charge in [0, 0.05) is 31.6 Å². The molecule has 0 aromatic heterocycles. The van der Waals surface area contributed by atoms with Gasteiger partial charge < -0.3 is 9.31 Å². The summed E-state index contributed by atoms with van der Waals surface area (Å²) in [6.07, 6.45) is 0.527. The fourth-order valence-electron chi connectivity index (χ4n) is 3.16. The number of hydrogen-bond acceptors (Lipinski definition) is 5. The predicted molar refractivity (Wildman–Crippen MR) is 111 cm³/mol. The number of ketones is 1. The van der Waals surface area contributed by atoms with Crippen LogP contribution in [0.3, 0.4) is 0 Å². The Hall–Kier alpha value is -1.21. The van der Waals surface area contributed by atoms with Crippen molar-refractivity contribution in [3.8, 4) is 0 Å². The molecule has 2 aromatic rings. The summed E-state index contributed by atoms with van der Waals surface area (Å²) in [6, 6.07) is 12.3. The van der Waals surface area contributed by atoms with Crippen LogP contribution in [0.1, 0.15) is 51.4 Å². The summed E-state index contributed by atoms with van der Waals surface area (Å²) in [5.41, 5.74) is 1.14. The van der Waals surface area contributed by atoms with Crippen LogP contribution in [0.4, 0.5) is 0 Å². The van der Waals surface area contributed by atoms with Gasteiger partial charge in [0.05, 0.1) is 11.2 Å². The van der Waals surface area contributed by atoms with Crippen LogP contribution in [0.2, 0.25) is 0 Å². The summed E-state index contributed by atoms with van der Waals surface area (Å²) in [6.45, 7) is 10.2. The second-order valence-electron chi connectivity index (χ2n) is 7.91. The molecule has 2 heterocycles. The van der Waals surface area contributed by atoms with E-state index in [0.29, 0.717) is 6.42 Å². The Balaban J connectivity index is 1.69. The van der Waals surface area contributed by atoms with Gasteiger partial charge in [-0.3, -0.25) is 4.79 Å². The minimum atomic E-state index is -0.374. The van der Waals surface area contributed by atoms with Gasteiger partial charge in [0.2, 0.25) is 0 Å². The molecule has 2 aliphatic rings. The molecule has 2 aliphatic heterocycles. The van der Waals surface area contributed by atoms with Gasteiger partial charge in [-0.25, -0.2) is 0 Å². The van der Waals surface area contributed by atoms with Crippen molar-refractivity contribution in [3.63, 3.8) is 0 Å². The molecule has 0 atom stereocenters. The number of rotatable bonds is 3. The predicted octanol–water partition coefficient (Wildman–Crippen LogP) is 5.19. The van der Waals surface area contributed by atoms with Gasteiger partial charge in [0.25, 0.3) is 0 Å². The molecule has 140 valence electrons. The van der Waals surface area contributed by atoms with E-state index < -0.39 is 0 Å². The van der Waals surface area contributed by atoms with Gasteiger partial charge in [0.15, 0.2) is 5.78 Å². The van der Waals surface area contributed by atoms with E-state index >= 15 is 0 Å². The highest BCUT2D eigenvalue weighted by Gasteiger charge is 2.52.